The van der Waals surface area contributed by atoms with Crippen molar-refractivity contribution in [2.75, 3.05) is 0 Å². The van der Waals surface area contributed by atoms with Crippen molar-refractivity contribution in [3.63, 3.8) is 0 Å². The molecule has 0 saturated heterocycles. The summed E-state index contributed by atoms with van der Waals surface area (Å²) in [4.78, 5) is 4.27. The number of rotatable bonds is 17. The van der Waals surface area contributed by atoms with Crippen LogP contribution in [-0.4, -0.2) is 24.3 Å². The summed E-state index contributed by atoms with van der Waals surface area (Å²) in [6.07, 6.45) is 12.5. The first-order valence-corrected chi connectivity index (χ1v) is 20.9. The number of aliphatic imine (C=N–C) groups is 1. The van der Waals surface area contributed by atoms with Crippen LogP contribution >= 0.6 is 0 Å². The van der Waals surface area contributed by atoms with Crippen LogP contribution in [0.3, 0.4) is 0 Å². The molecule has 2 aromatic rings. The number of unbranched alkanes of at least 4 members (excludes halogenated alkanes) is 2. The Morgan fingerprint density at radius 1 is 0.914 bits per heavy atom. The Kier molecular flexibility index (Phi) is 13.3. The summed E-state index contributed by atoms with van der Waals surface area (Å²) < 4.78 is 5.75. The van der Waals surface area contributed by atoms with Gasteiger partial charge in [-0.2, -0.15) is 0 Å². The normalized spacial score (nSPS) is 12.2. The topological polar surface area (TPSA) is 64.4 Å². The number of nitrogens with two attached hydrogens (primary N) is 2. The van der Waals surface area contributed by atoms with Gasteiger partial charge in [0.25, 0.3) is 0 Å². The van der Waals surface area contributed by atoms with E-state index in [1.807, 2.05) is 0 Å². The van der Waals surface area contributed by atoms with E-state index in [1.165, 1.54) is 55.7 Å². The van der Waals surface area contributed by atoms with Gasteiger partial charge in [-0.05, 0) is 0 Å². The van der Waals surface area contributed by atoms with Crippen molar-refractivity contribution >= 4 is 27.9 Å². The van der Waals surface area contributed by atoms with Crippen molar-refractivity contribution in [1.82, 2.24) is 0 Å². The molecule has 3 nitrogen and oxygen atoms in total. The number of hydrogen-bond donors (Lipinski definition) is 2. The molecule has 2 rings (SSSR count). The molecule has 0 fully saturated rings. The quantitative estimate of drug-likeness (QED) is 0.0684. The van der Waals surface area contributed by atoms with E-state index in [-0.39, 0.29) is 5.96 Å². The van der Waals surface area contributed by atoms with Gasteiger partial charge in [0.15, 0.2) is 0 Å². The molecule has 2 aromatic carbocycles. The molecule has 4 heteroatoms. The summed E-state index contributed by atoms with van der Waals surface area (Å²) in [6.45, 7) is 13.1. The van der Waals surface area contributed by atoms with Crippen LogP contribution in [0.25, 0.3) is 0 Å². The van der Waals surface area contributed by atoms with Crippen molar-refractivity contribution in [1.29, 1.82) is 0 Å². The third-order valence-electron chi connectivity index (χ3n) is 7.39. The monoisotopic (exact) mass is 581 g/mol. The van der Waals surface area contributed by atoms with Crippen molar-refractivity contribution in [3.8, 4) is 0 Å². The Labute approximate surface area is 218 Å². The fourth-order valence-electron chi connectivity index (χ4n) is 5.04. The molecule has 0 aliphatic rings. The van der Waals surface area contributed by atoms with Crippen LogP contribution in [0.1, 0.15) is 75.0 Å². The third kappa shape index (κ3) is 9.87. The van der Waals surface area contributed by atoms with Crippen LogP contribution in [0.2, 0.25) is 13.3 Å². The van der Waals surface area contributed by atoms with Gasteiger partial charge in [0.2, 0.25) is 0 Å². The van der Waals surface area contributed by atoms with Crippen molar-refractivity contribution in [2.45, 2.75) is 84.6 Å². The van der Waals surface area contributed by atoms with Crippen LogP contribution < -0.4 is 15.0 Å². The average Bonchev–Trinajstić information content (AvgIpc) is 2.87. The Bertz CT molecular complexity index is 914. The fourth-order valence-corrected chi connectivity index (χ4v) is 19.8. The number of guanidine groups is 1. The van der Waals surface area contributed by atoms with Gasteiger partial charge in [-0.15, -0.1) is 0 Å². The Balaban J connectivity index is 2.26. The molecule has 0 heterocycles. The second-order valence-electron chi connectivity index (χ2n) is 9.99. The van der Waals surface area contributed by atoms with E-state index in [2.05, 4.69) is 92.7 Å². The molecular weight excluding hydrogens is 533 g/mol. The Hall–Kier alpha value is -2.01. The van der Waals surface area contributed by atoms with E-state index in [9.17, 15) is 0 Å². The number of hydrogen-bond acceptors (Lipinski definition) is 1. The van der Waals surface area contributed by atoms with E-state index >= 15 is 0 Å². The molecule has 0 aliphatic carbocycles. The molecule has 0 amide bonds. The Morgan fingerprint density at radius 2 is 1.54 bits per heavy atom. The van der Waals surface area contributed by atoms with Gasteiger partial charge in [-0.1, -0.05) is 0 Å². The molecule has 0 bridgehead atoms. The predicted octanol–water partition coefficient (Wildman–Crippen LogP) is 7.19. The summed E-state index contributed by atoms with van der Waals surface area (Å²) in [5, 5.41) is 0. The van der Waals surface area contributed by atoms with Gasteiger partial charge in [-0.25, -0.2) is 0 Å². The van der Waals surface area contributed by atoms with E-state index in [4.69, 9.17) is 11.5 Å². The van der Waals surface area contributed by atoms with Crippen molar-refractivity contribution < 1.29 is 0 Å². The van der Waals surface area contributed by atoms with Crippen LogP contribution in [0.4, 0.5) is 0 Å². The maximum absolute atomic E-state index is 5.60. The third-order valence-corrected chi connectivity index (χ3v) is 23.0. The first-order valence-electron chi connectivity index (χ1n) is 13.4. The average molecular weight is 580 g/mol. The summed E-state index contributed by atoms with van der Waals surface area (Å²) in [5.74, 6) is 0.787. The summed E-state index contributed by atoms with van der Waals surface area (Å²) in [7, 11) is 0. The minimum atomic E-state index is -2.68. The number of benzene rings is 2. The zero-order valence-corrected chi connectivity index (χ0v) is 25.0. The van der Waals surface area contributed by atoms with E-state index in [0.717, 1.165) is 19.3 Å². The molecule has 0 aliphatic heterocycles. The van der Waals surface area contributed by atoms with Crippen LogP contribution in [0.15, 0.2) is 78.8 Å². The second kappa shape index (κ2) is 15.9. The van der Waals surface area contributed by atoms with Crippen LogP contribution in [0.5, 0.6) is 0 Å². The van der Waals surface area contributed by atoms with Gasteiger partial charge in [0.1, 0.15) is 0 Å². The van der Waals surface area contributed by atoms with E-state index < -0.39 is 18.4 Å². The van der Waals surface area contributed by atoms with Gasteiger partial charge >= 0.3 is 219 Å². The van der Waals surface area contributed by atoms with Crippen molar-refractivity contribution in [3.05, 3.63) is 90.5 Å². The zero-order chi connectivity index (χ0) is 25.5. The van der Waals surface area contributed by atoms with Gasteiger partial charge in [-0.3, -0.25) is 0 Å². The maximum atomic E-state index is 5.60. The number of nitrogens with zero attached hydrogens (tertiary/aromatic N) is 1. The first-order chi connectivity index (χ1) is 16.9. The molecule has 190 valence electrons. The molecule has 1 unspecified atom stereocenters. The molecule has 1 atom stereocenters. The van der Waals surface area contributed by atoms with Crippen molar-refractivity contribution in [2.24, 2.45) is 16.5 Å². The van der Waals surface area contributed by atoms with Gasteiger partial charge in [0.05, 0.1) is 0 Å². The van der Waals surface area contributed by atoms with Crippen LogP contribution in [0, 0.1) is 0 Å². The van der Waals surface area contributed by atoms with Gasteiger partial charge < -0.3 is 0 Å². The predicted molar refractivity (Wildman–Crippen MR) is 158 cm³/mol. The number of allylic oxidation sites excluding steroid dienone is 2. The second-order valence-corrected chi connectivity index (χ2v) is 23.2. The molecular formula is C31H47N3Sn. The number of aryl methyl sites for hydroxylation is 1. The van der Waals surface area contributed by atoms with Gasteiger partial charge in [0, 0.05) is 0 Å². The van der Waals surface area contributed by atoms with Crippen LogP contribution in [-0.2, 0) is 13.0 Å². The molecule has 35 heavy (non-hydrogen) atoms. The molecule has 4 N–H and O–H groups in total. The molecule has 0 saturated carbocycles. The molecule has 0 radical (unpaired) electrons. The SMILES string of the molecule is C=CCC[CH2][Sn]([CH2]CCC=C)([CH2]CCc1ccc(C(C)CC)cc1)[c]1cccc(CN=C(N)N)c1. The van der Waals surface area contributed by atoms with E-state index in [1.54, 1.807) is 3.58 Å². The first kappa shape index (κ1) is 29.2. The summed E-state index contributed by atoms with van der Waals surface area (Å²) in [5.41, 5.74) is 15.3. The fraction of sp³-hybridized carbons (Fsp3) is 0.452. The minimum absolute atomic E-state index is 0.154. The summed E-state index contributed by atoms with van der Waals surface area (Å²) in [6, 6.07) is 18.6. The standard InChI is InChI=1S/C13H19.C8H10N3.2C5H9.Sn/c1-4-6-12-7-9-13(10-8-12)11(3)5-2;9-8(10)11-6-7-4-2-1-3-5-7;2*1-3-5-4-2;/h7-11H,1,4-6H2,2-3H3;1-2,4-5H,6H2,(H4,9,10,11);2*3H,1-2,4-5H2;. The Morgan fingerprint density at radius 3 is 2.11 bits per heavy atom. The zero-order valence-electron chi connectivity index (χ0n) is 22.1. The molecule has 0 aromatic heterocycles. The summed E-state index contributed by atoms with van der Waals surface area (Å²) >= 11 is -2.68. The molecule has 0 spiro atoms. The van der Waals surface area contributed by atoms with E-state index in [0.29, 0.717) is 12.5 Å².